The summed E-state index contributed by atoms with van der Waals surface area (Å²) in [5.74, 6) is -0.462. The summed E-state index contributed by atoms with van der Waals surface area (Å²) >= 11 is 12.5. The summed E-state index contributed by atoms with van der Waals surface area (Å²) in [5, 5.41) is 3.18. The molecule has 1 amide bonds. The lowest BCUT2D eigenvalue weighted by Gasteiger charge is -2.26. The number of nitrogens with one attached hydrogen (secondary N) is 1. The van der Waals surface area contributed by atoms with Crippen LogP contribution in [0.4, 0.5) is 5.69 Å². The van der Waals surface area contributed by atoms with Crippen molar-refractivity contribution in [2.24, 2.45) is 0 Å². The fraction of sp³-hybridized carbons (Fsp3) is 0.240. The smallest absolute Gasteiger partial charge is 0.264 e. The molecule has 1 N–H and O–H groups in total. The summed E-state index contributed by atoms with van der Waals surface area (Å²) in [6.07, 6.45) is 0. The van der Waals surface area contributed by atoms with E-state index in [1.54, 1.807) is 30.3 Å². The van der Waals surface area contributed by atoms with Gasteiger partial charge in [0.2, 0.25) is 5.91 Å². The van der Waals surface area contributed by atoms with Crippen molar-refractivity contribution in [1.29, 1.82) is 0 Å². The maximum absolute atomic E-state index is 13.5. The minimum atomic E-state index is -4.08. The van der Waals surface area contributed by atoms with E-state index < -0.39 is 22.5 Å². The van der Waals surface area contributed by atoms with Crippen LogP contribution in [0.3, 0.4) is 0 Å². The molecular weight excluding hydrogens is 479 g/mol. The van der Waals surface area contributed by atoms with Gasteiger partial charge in [0.05, 0.1) is 26.7 Å². The van der Waals surface area contributed by atoms with Crippen LogP contribution < -0.4 is 9.62 Å². The number of halogens is 2. The van der Waals surface area contributed by atoms with Crippen LogP contribution in [0.2, 0.25) is 10.0 Å². The molecule has 0 heterocycles. The van der Waals surface area contributed by atoms with E-state index in [0.717, 1.165) is 21.0 Å². The lowest BCUT2D eigenvalue weighted by Crippen LogP contribution is -2.41. The SMILES string of the molecule is Cc1cc(C)c([C@@H](C)NC(=O)CN(c2cccc(Cl)c2Cl)S(=O)(=O)c2ccccc2)cc1C. The molecule has 0 bridgehead atoms. The number of sulfonamides is 1. The average Bonchev–Trinajstić information content (AvgIpc) is 2.77. The fourth-order valence-corrected chi connectivity index (χ4v) is 5.55. The van der Waals surface area contributed by atoms with Gasteiger partial charge in [-0.05, 0) is 74.2 Å². The first-order chi connectivity index (χ1) is 15.5. The normalized spacial score (nSPS) is 12.3. The van der Waals surface area contributed by atoms with Crippen LogP contribution in [0.1, 0.15) is 35.2 Å². The molecule has 0 radical (unpaired) electrons. The zero-order chi connectivity index (χ0) is 24.3. The molecule has 0 aliphatic carbocycles. The molecule has 8 heteroatoms. The van der Waals surface area contributed by atoms with Gasteiger partial charge < -0.3 is 5.32 Å². The first-order valence-electron chi connectivity index (χ1n) is 10.4. The first kappa shape index (κ1) is 25.1. The fourth-order valence-electron chi connectivity index (χ4n) is 3.65. The van der Waals surface area contributed by atoms with E-state index in [9.17, 15) is 13.2 Å². The molecule has 0 saturated carbocycles. The number of nitrogens with zero attached hydrogens (tertiary/aromatic N) is 1. The average molecular weight is 505 g/mol. The van der Waals surface area contributed by atoms with E-state index in [4.69, 9.17) is 23.2 Å². The molecule has 5 nitrogen and oxygen atoms in total. The Morgan fingerprint density at radius 3 is 2.24 bits per heavy atom. The number of carbonyl (C=O) groups excluding carboxylic acids is 1. The Bertz CT molecular complexity index is 1280. The third-order valence-electron chi connectivity index (χ3n) is 5.54. The van der Waals surface area contributed by atoms with E-state index in [-0.39, 0.29) is 26.7 Å². The molecule has 0 fully saturated rings. The predicted molar refractivity (Wildman–Crippen MR) is 135 cm³/mol. The van der Waals surface area contributed by atoms with Crippen molar-refractivity contribution in [2.75, 3.05) is 10.8 Å². The zero-order valence-corrected chi connectivity index (χ0v) is 21.2. The van der Waals surface area contributed by atoms with Crippen LogP contribution >= 0.6 is 23.2 Å². The molecule has 1 atom stereocenters. The van der Waals surface area contributed by atoms with Crippen molar-refractivity contribution in [3.8, 4) is 0 Å². The summed E-state index contributed by atoms with van der Waals surface area (Å²) in [4.78, 5) is 13.1. The molecule has 0 aliphatic heterocycles. The number of benzene rings is 3. The van der Waals surface area contributed by atoms with Gasteiger partial charge in [0.25, 0.3) is 10.0 Å². The Balaban J connectivity index is 1.95. The summed E-state index contributed by atoms with van der Waals surface area (Å²) in [6, 6.07) is 16.4. The highest BCUT2D eigenvalue weighted by Gasteiger charge is 2.29. The van der Waals surface area contributed by atoms with E-state index in [1.165, 1.54) is 23.8 Å². The summed E-state index contributed by atoms with van der Waals surface area (Å²) in [5.41, 5.74) is 4.46. The van der Waals surface area contributed by atoms with Gasteiger partial charge in [-0.1, -0.05) is 59.6 Å². The number of hydrogen-bond donors (Lipinski definition) is 1. The molecule has 3 rings (SSSR count). The monoisotopic (exact) mass is 504 g/mol. The van der Waals surface area contributed by atoms with Gasteiger partial charge in [-0.3, -0.25) is 9.10 Å². The van der Waals surface area contributed by atoms with Crippen LogP contribution in [0.25, 0.3) is 0 Å². The molecule has 0 spiro atoms. The Morgan fingerprint density at radius 1 is 0.939 bits per heavy atom. The van der Waals surface area contributed by atoms with Crippen molar-refractivity contribution in [2.45, 2.75) is 38.6 Å². The van der Waals surface area contributed by atoms with E-state index in [1.807, 2.05) is 33.8 Å². The summed E-state index contributed by atoms with van der Waals surface area (Å²) < 4.78 is 27.9. The lowest BCUT2D eigenvalue weighted by atomic mass is 9.96. The van der Waals surface area contributed by atoms with Crippen LogP contribution in [0.15, 0.2) is 65.6 Å². The lowest BCUT2D eigenvalue weighted by molar-refractivity contribution is -0.120. The van der Waals surface area contributed by atoms with Gasteiger partial charge in [-0.25, -0.2) is 8.42 Å². The maximum atomic E-state index is 13.5. The van der Waals surface area contributed by atoms with Gasteiger partial charge in [-0.15, -0.1) is 0 Å². The molecule has 33 heavy (non-hydrogen) atoms. The third-order valence-corrected chi connectivity index (χ3v) is 8.13. The van der Waals surface area contributed by atoms with E-state index in [0.29, 0.717) is 0 Å². The van der Waals surface area contributed by atoms with Crippen molar-refractivity contribution in [3.05, 3.63) is 93.0 Å². The Morgan fingerprint density at radius 2 is 1.58 bits per heavy atom. The molecule has 3 aromatic carbocycles. The van der Waals surface area contributed by atoms with Crippen molar-refractivity contribution < 1.29 is 13.2 Å². The Labute approximate surface area is 205 Å². The second-order valence-corrected chi connectivity index (χ2v) is 10.6. The molecule has 0 unspecified atom stereocenters. The Hall–Kier alpha value is -2.54. The van der Waals surface area contributed by atoms with Gasteiger partial charge in [0, 0.05) is 0 Å². The number of aryl methyl sites for hydroxylation is 3. The highest BCUT2D eigenvalue weighted by atomic mass is 35.5. The minimum Gasteiger partial charge on any atom is -0.348 e. The molecule has 3 aromatic rings. The number of amides is 1. The highest BCUT2D eigenvalue weighted by molar-refractivity contribution is 7.92. The van der Waals surface area contributed by atoms with Gasteiger partial charge >= 0.3 is 0 Å². The predicted octanol–water partition coefficient (Wildman–Crippen LogP) is 5.99. The molecule has 174 valence electrons. The second kappa shape index (κ2) is 10.2. The minimum absolute atomic E-state index is 0.0481. The van der Waals surface area contributed by atoms with Crippen LogP contribution in [-0.4, -0.2) is 20.9 Å². The van der Waals surface area contributed by atoms with Crippen molar-refractivity contribution >= 4 is 44.8 Å². The summed E-state index contributed by atoms with van der Waals surface area (Å²) in [7, 11) is -4.08. The van der Waals surface area contributed by atoms with E-state index >= 15 is 0 Å². The van der Waals surface area contributed by atoms with Crippen LogP contribution in [-0.2, 0) is 14.8 Å². The maximum Gasteiger partial charge on any atom is 0.264 e. The van der Waals surface area contributed by atoms with Crippen LogP contribution in [0, 0.1) is 20.8 Å². The first-order valence-corrected chi connectivity index (χ1v) is 12.6. The quantitative estimate of drug-likeness (QED) is 0.429. The van der Waals surface area contributed by atoms with Gasteiger partial charge in [-0.2, -0.15) is 0 Å². The number of anilines is 1. The third kappa shape index (κ3) is 5.52. The van der Waals surface area contributed by atoms with Crippen LogP contribution in [0.5, 0.6) is 0 Å². The van der Waals surface area contributed by atoms with Gasteiger partial charge in [0.15, 0.2) is 0 Å². The molecule has 0 aromatic heterocycles. The number of hydrogen-bond acceptors (Lipinski definition) is 3. The standard InChI is InChI=1S/C25H26Cl2N2O3S/c1-16-13-18(3)21(14-17(16)2)19(4)28-24(30)15-29(23-12-8-11-22(26)25(23)27)33(31,32)20-9-6-5-7-10-20/h5-14,19H,15H2,1-4H3,(H,28,30)/t19-/m1/s1. The summed E-state index contributed by atoms with van der Waals surface area (Å²) in [6.45, 7) is 7.46. The molecule has 0 saturated heterocycles. The topological polar surface area (TPSA) is 66.5 Å². The van der Waals surface area contributed by atoms with Crippen molar-refractivity contribution in [3.63, 3.8) is 0 Å². The van der Waals surface area contributed by atoms with Crippen molar-refractivity contribution in [1.82, 2.24) is 5.32 Å². The van der Waals surface area contributed by atoms with Gasteiger partial charge in [0.1, 0.15) is 6.54 Å². The zero-order valence-electron chi connectivity index (χ0n) is 18.9. The largest absolute Gasteiger partial charge is 0.348 e. The highest BCUT2D eigenvalue weighted by Crippen LogP contribution is 2.35. The number of carbonyl (C=O) groups is 1. The molecule has 0 aliphatic rings. The number of rotatable bonds is 7. The second-order valence-electron chi connectivity index (χ2n) is 7.98. The Kier molecular flexibility index (Phi) is 7.73. The molecular formula is C25H26Cl2N2O3S. The van der Waals surface area contributed by atoms with E-state index in [2.05, 4.69) is 11.4 Å².